The van der Waals surface area contributed by atoms with Gasteiger partial charge >= 0.3 is 0 Å². The van der Waals surface area contributed by atoms with E-state index in [0.717, 1.165) is 17.1 Å². The highest BCUT2D eigenvalue weighted by Gasteiger charge is 2.53. The maximum absolute atomic E-state index is 2.53. The number of rotatable bonds is 5. The first kappa shape index (κ1) is 38.7. The molecule has 0 saturated heterocycles. The van der Waals surface area contributed by atoms with Crippen molar-refractivity contribution in [3.05, 3.63) is 269 Å². The van der Waals surface area contributed by atoms with Crippen LogP contribution in [0.4, 0.5) is 17.1 Å². The van der Waals surface area contributed by atoms with Crippen molar-refractivity contribution in [2.75, 3.05) is 4.90 Å². The average molecular weight is 844 g/mol. The second kappa shape index (κ2) is 14.1. The van der Waals surface area contributed by atoms with Crippen molar-refractivity contribution < 1.29 is 0 Å². The maximum Gasteiger partial charge on any atom is 0.0719 e. The molecule has 1 heteroatoms. The standard InChI is InChI=1S/C65H49N/c1-63(2)54-24-12-10-21-49(54)51-37-35-46(41-60(51)63)66(45-33-30-43(31-34-45)42-18-6-5-7-19-42)62-39-38-47(48-20-8-9-23-53(48)62)44-32-36-52-50-22-11-13-25-55(50)65(61(52)40-44)58-28-16-14-26-56(58)64(3,4)57-27-15-17-29-59(57)65/h5-41H,1-4H3. The molecule has 0 aliphatic heterocycles. The van der Waals surface area contributed by atoms with E-state index < -0.39 is 5.41 Å². The zero-order valence-corrected chi connectivity index (χ0v) is 37.8. The Balaban J connectivity index is 1.01. The van der Waals surface area contributed by atoms with Gasteiger partial charge in [-0.15, -0.1) is 0 Å². The molecule has 0 saturated carbocycles. The number of fused-ring (bicyclic) bond motifs is 13. The van der Waals surface area contributed by atoms with E-state index in [9.17, 15) is 0 Å². The summed E-state index contributed by atoms with van der Waals surface area (Å²) in [7, 11) is 0. The quantitative estimate of drug-likeness (QED) is 0.167. The normalized spacial score (nSPS) is 15.0. The van der Waals surface area contributed by atoms with Crippen molar-refractivity contribution in [1.29, 1.82) is 0 Å². The van der Waals surface area contributed by atoms with Crippen LogP contribution < -0.4 is 4.90 Å². The molecule has 3 aliphatic rings. The van der Waals surface area contributed by atoms with Crippen LogP contribution in [0, 0.1) is 0 Å². The molecular weight excluding hydrogens is 795 g/mol. The molecule has 1 spiro atoms. The monoisotopic (exact) mass is 843 g/mol. The number of hydrogen-bond donors (Lipinski definition) is 0. The van der Waals surface area contributed by atoms with E-state index >= 15 is 0 Å². The van der Waals surface area contributed by atoms with Gasteiger partial charge in [-0.05, 0) is 131 Å². The van der Waals surface area contributed by atoms with Gasteiger partial charge in [0.15, 0.2) is 0 Å². The van der Waals surface area contributed by atoms with Crippen LogP contribution in [0.15, 0.2) is 224 Å². The third kappa shape index (κ3) is 5.29. The molecule has 0 heterocycles. The fraction of sp³-hybridized carbons (Fsp3) is 0.108. The van der Waals surface area contributed by atoms with Crippen molar-refractivity contribution >= 4 is 27.8 Å². The zero-order valence-electron chi connectivity index (χ0n) is 37.8. The van der Waals surface area contributed by atoms with Crippen LogP contribution in [-0.2, 0) is 16.2 Å². The Kier molecular flexibility index (Phi) is 8.28. The molecule has 0 N–H and O–H groups in total. The molecule has 10 aromatic carbocycles. The molecule has 1 nitrogen and oxygen atoms in total. The van der Waals surface area contributed by atoms with Crippen LogP contribution in [-0.4, -0.2) is 0 Å². The van der Waals surface area contributed by atoms with Gasteiger partial charge in [-0.1, -0.05) is 216 Å². The number of benzene rings is 10. The fourth-order valence-electron chi connectivity index (χ4n) is 12.4. The molecule has 0 unspecified atom stereocenters. The first-order valence-electron chi connectivity index (χ1n) is 23.4. The van der Waals surface area contributed by atoms with Gasteiger partial charge in [0.2, 0.25) is 0 Å². The Labute approximate surface area is 388 Å². The summed E-state index contributed by atoms with van der Waals surface area (Å²) in [4.78, 5) is 2.48. The Morgan fingerprint density at radius 1 is 0.273 bits per heavy atom. The van der Waals surface area contributed by atoms with Crippen molar-refractivity contribution in [2.24, 2.45) is 0 Å². The number of hydrogen-bond acceptors (Lipinski definition) is 1. The van der Waals surface area contributed by atoms with Crippen LogP contribution in [0.1, 0.15) is 72.2 Å². The predicted molar refractivity (Wildman–Crippen MR) is 276 cm³/mol. The van der Waals surface area contributed by atoms with Crippen molar-refractivity contribution in [2.45, 2.75) is 43.9 Å². The van der Waals surface area contributed by atoms with E-state index in [1.807, 2.05) is 0 Å². The first-order chi connectivity index (χ1) is 32.3. The van der Waals surface area contributed by atoms with E-state index in [-0.39, 0.29) is 10.8 Å². The minimum Gasteiger partial charge on any atom is -0.310 e. The Hall–Kier alpha value is -7.74. The summed E-state index contributed by atoms with van der Waals surface area (Å²) < 4.78 is 0. The Morgan fingerprint density at radius 2 is 0.727 bits per heavy atom. The zero-order chi connectivity index (χ0) is 44.4. The first-order valence-corrected chi connectivity index (χ1v) is 23.4. The van der Waals surface area contributed by atoms with Crippen LogP contribution in [0.3, 0.4) is 0 Å². The highest BCUT2D eigenvalue weighted by molar-refractivity contribution is 6.07. The van der Waals surface area contributed by atoms with Gasteiger partial charge in [0.05, 0.1) is 11.1 Å². The van der Waals surface area contributed by atoms with Gasteiger partial charge < -0.3 is 4.90 Å². The molecular formula is C65H49N. The summed E-state index contributed by atoms with van der Waals surface area (Å²) in [5.74, 6) is 0. The summed E-state index contributed by atoms with van der Waals surface area (Å²) in [5.41, 5.74) is 23.8. The number of nitrogens with zero attached hydrogens (tertiary/aromatic N) is 1. The lowest BCUT2D eigenvalue weighted by atomic mass is 9.55. The summed E-state index contributed by atoms with van der Waals surface area (Å²) in [6.45, 7) is 9.53. The third-order valence-corrected chi connectivity index (χ3v) is 15.6. The molecule has 0 atom stereocenters. The average Bonchev–Trinajstić information content (AvgIpc) is 3.79. The minimum absolute atomic E-state index is 0.129. The van der Waals surface area contributed by atoms with Crippen molar-refractivity contribution in [3.63, 3.8) is 0 Å². The van der Waals surface area contributed by atoms with Crippen LogP contribution >= 0.6 is 0 Å². The van der Waals surface area contributed by atoms with E-state index in [4.69, 9.17) is 0 Å². The van der Waals surface area contributed by atoms with Crippen molar-refractivity contribution in [1.82, 2.24) is 0 Å². The fourth-order valence-corrected chi connectivity index (χ4v) is 12.4. The van der Waals surface area contributed by atoms with E-state index in [2.05, 4.69) is 257 Å². The molecule has 0 fully saturated rings. The predicted octanol–water partition coefficient (Wildman–Crippen LogP) is 17.0. The van der Waals surface area contributed by atoms with E-state index in [1.165, 1.54) is 99.8 Å². The van der Waals surface area contributed by atoms with Gasteiger partial charge in [0.25, 0.3) is 0 Å². The third-order valence-electron chi connectivity index (χ3n) is 15.6. The molecule has 3 aliphatic carbocycles. The van der Waals surface area contributed by atoms with E-state index in [0.29, 0.717) is 0 Å². The van der Waals surface area contributed by atoms with Gasteiger partial charge in [-0.3, -0.25) is 0 Å². The lowest BCUT2D eigenvalue weighted by Gasteiger charge is -2.46. The van der Waals surface area contributed by atoms with Gasteiger partial charge in [0.1, 0.15) is 0 Å². The molecule has 314 valence electrons. The lowest BCUT2D eigenvalue weighted by molar-refractivity contribution is 0.563. The molecule has 0 aromatic heterocycles. The summed E-state index contributed by atoms with van der Waals surface area (Å²) in [5, 5.41) is 2.43. The lowest BCUT2D eigenvalue weighted by Crippen LogP contribution is -2.40. The van der Waals surface area contributed by atoms with Gasteiger partial charge in [-0.2, -0.15) is 0 Å². The highest BCUT2D eigenvalue weighted by Crippen LogP contribution is 2.62. The largest absolute Gasteiger partial charge is 0.310 e. The van der Waals surface area contributed by atoms with Gasteiger partial charge in [-0.25, -0.2) is 0 Å². The van der Waals surface area contributed by atoms with Crippen LogP contribution in [0.2, 0.25) is 0 Å². The van der Waals surface area contributed by atoms with Gasteiger partial charge in [0, 0.05) is 27.6 Å². The molecule has 0 radical (unpaired) electrons. The molecule has 13 rings (SSSR count). The summed E-state index contributed by atoms with van der Waals surface area (Å²) in [6.07, 6.45) is 0. The summed E-state index contributed by atoms with van der Waals surface area (Å²) in [6, 6.07) is 84.5. The smallest absolute Gasteiger partial charge is 0.0719 e. The molecule has 10 aromatic rings. The second-order valence-electron chi connectivity index (χ2n) is 19.6. The maximum atomic E-state index is 2.53. The highest BCUT2D eigenvalue weighted by atomic mass is 15.1. The second-order valence-corrected chi connectivity index (χ2v) is 19.6. The summed E-state index contributed by atoms with van der Waals surface area (Å²) >= 11 is 0. The SMILES string of the molecule is CC1(C)c2ccccc2-c2ccc(N(c3ccc(-c4ccccc4)cc3)c3ccc(-c4ccc5c(c4)C4(c6ccccc6-5)c5ccccc5C(C)(C)c5ccccc54)c4ccccc34)cc21. The van der Waals surface area contributed by atoms with Crippen LogP contribution in [0.25, 0.3) is 55.3 Å². The Morgan fingerprint density at radius 3 is 1.42 bits per heavy atom. The van der Waals surface area contributed by atoms with E-state index in [1.54, 1.807) is 0 Å². The molecule has 0 bridgehead atoms. The molecule has 0 amide bonds. The van der Waals surface area contributed by atoms with Crippen molar-refractivity contribution in [3.8, 4) is 44.5 Å². The number of anilines is 3. The minimum atomic E-state index is -0.454. The Bertz CT molecular complexity index is 3540. The van der Waals surface area contributed by atoms with Crippen LogP contribution in [0.5, 0.6) is 0 Å². The topological polar surface area (TPSA) is 3.24 Å². The molecule has 66 heavy (non-hydrogen) atoms.